The van der Waals surface area contributed by atoms with Crippen LogP contribution in [0.5, 0.6) is 5.88 Å². The van der Waals surface area contributed by atoms with E-state index in [-0.39, 0.29) is 17.2 Å². The van der Waals surface area contributed by atoms with Gasteiger partial charge in [-0.25, -0.2) is 9.36 Å². The van der Waals surface area contributed by atoms with E-state index in [1.807, 2.05) is 6.92 Å². The fourth-order valence-corrected chi connectivity index (χ4v) is 5.63. The largest absolute Gasteiger partial charge is 0.378 e. The van der Waals surface area contributed by atoms with Gasteiger partial charge in [-0.15, -0.1) is 0 Å². The molecule has 8 heteroatoms. The summed E-state index contributed by atoms with van der Waals surface area (Å²) in [5, 5.41) is 0. The minimum absolute atomic E-state index is 0.0544. The number of unbranched alkanes of at least 4 members (excludes halogenated alkanes) is 4. The highest BCUT2D eigenvalue weighted by atomic mass is 32.2. The van der Waals surface area contributed by atoms with E-state index >= 15 is 0 Å². The molecular formula is C25H38N2O5S. The second-order valence-corrected chi connectivity index (χ2v) is 10.5. The van der Waals surface area contributed by atoms with Gasteiger partial charge in [-0.1, -0.05) is 64.2 Å². The Morgan fingerprint density at radius 3 is 2.12 bits per heavy atom. The molecule has 0 saturated carbocycles. The lowest BCUT2D eigenvalue weighted by molar-refractivity contribution is 0.137. The van der Waals surface area contributed by atoms with Gasteiger partial charge in [0.05, 0.1) is 32.1 Å². The van der Waals surface area contributed by atoms with Gasteiger partial charge in [-0.3, -0.25) is 4.79 Å². The van der Waals surface area contributed by atoms with Crippen LogP contribution in [-0.4, -0.2) is 36.7 Å². The van der Waals surface area contributed by atoms with E-state index in [4.69, 9.17) is 8.92 Å². The molecule has 3 rings (SSSR count). The number of ether oxygens (including phenoxy) is 1. The van der Waals surface area contributed by atoms with Crippen molar-refractivity contribution in [2.45, 2.75) is 85.7 Å². The molecule has 2 heterocycles. The van der Waals surface area contributed by atoms with Crippen LogP contribution in [0.4, 0.5) is 0 Å². The fraction of sp³-hybridized carbons (Fsp3) is 0.640. The van der Waals surface area contributed by atoms with Crippen LogP contribution in [0.1, 0.15) is 69.6 Å². The third-order valence-electron chi connectivity index (χ3n) is 6.24. The average Bonchev–Trinajstić information content (AvgIpc) is 2.93. The lowest BCUT2D eigenvalue weighted by atomic mass is 9.91. The summed E-state index contributed by atoms with van der Waals surface area (Å²) in [6.07, 6.45) is 6.09. The number of hydrogen-bond acceptors (Lipinski definition) is 5. The number of benzene rings is 1. The predicted octanol–water partition coefficient (Wildman–Crippen LogP) is 4.46. The molecule has 1 aromatic heterocycles. The van der Waals surface area contributed by atoms with Gasteiger partial charge in [0.15, 0.2) is 0 Å². The molecule has 33 heavy (non-hydrogen) atoms. The Morgan fingerprint density at radius 1 is 0.909 bits per heavy atom. The standard InChI is InChI=1S/C25H38N2O5S/c1-5-8-9-10-11-16-33(29,30)32-25-23(24(28)26-12-14-31-15-13-27(25)26)22-20(6-2)17-19(4)18-21(22)7-3/h17-18H,5-16H2,1-4H3. The van der Waals surface area contributed by atoms with E-state index in [9.17, 15) is 13.2 Å². The molecule has 1 aliphatic rings. The minimum atomic E-state index is -3.85. The van der Waals surface area contributed by atoms with Crippen LogP contribution in [0, 0.1) is 6.92 Å². The van der Waals surface area contributed by atoms with Crippen molar-refractivity contribution in [1.82, 2.24) is 9.36 Å². The van der Waals surface area contributed by atoms with Crippen molar-refractivity contribution in [2.75, 3.05) is 19.0 Å². The Hall–Kier alpha value is -2.06. The molecule has 2 aromatic rings. The molecule has 0 spiro atoms. The Labute approximate surface area is 197 Å². The maximum absolute atomic E-state index is 13.6. The maximum atomic E-state index is 13.6. The summed E-state index contributed by atoms with van der Waals surface area (Å²) >= 11 is 0. The van der Waals surface area contributed by atoms with Crippen LogP contribution in [0.15, 0.2) is 16.9 Å². The normalized spacial score (nSPS) is 14.2. The van der Waals surface area contributed by atoms with Gasteiger partial charge in [0.2, 0.25) is 5.88 Å². The summed E-state index contributed by atoms with van der Waals surface area (Å²) in [5.41, 5.74) is 4.15. The van der Waals surface area contributed by atoms with Crippen molar-refractivity contribution < 1.29 is 17.3 Å². The van der Waals surface area contributed by atoms with Crippen molar-refractivity contribution in [2.24, 2.45) is 0 Å². The highest BCUT2D eigenvalue weighted by Crippen LogP contribution is 2.36. The first-order valence-corrected chi connectivity index (χ1v) is 13.9. The van der Waals surface area contributed by atoms with Gasteiger partial charge < -0.3 is 8.92 Å². The molecule has 1 aromatic carbocycles. The monoisotopic (exact) mass is 478 g/mol. The summed E-state index contributed by atoms with van der Waals surface area (Å²) in [7, 11) is -3.85. The second-order valence-electron chi connectivity index (χ2n) is 8.77. The molecule has 184 valence electrons. The molecule has 0 amide bonds. The first-order chi connectivity index (χ1) is 15.8. The van der Waals surface area contributed by atoms with E-state index < -0.39 is 10.1 Å². The van der Waals surface area contributed by atoms with Gasteiger partial charge in [-0.2, -0.15) is 8.42 Å². The van der Waals surface area contributed by atoms with Crippen molar-refractivity contribution in [3.63, 3.8) is 0 Å². The number of rotatable bonds is 11. The van der Waals surface area contributed by atoms with Crippen LogP contribution in [0.3, 0.4) is 0 Å². The molecule has 0 fully saturated rings. The molecule has 0 unspecified atom stereocenters. The molecule has 7 nitrogen and oxygen atoms in total. The molecule has 0 bridgehead atoms. The first kappa shape index (κ1) is 25.6. The predicted molar refractivity (Wildman–Crippen MR) is 132 cm³/mol. The number of nitrogens with zero attached hydrogens (tertiary/aromatic N) is 2. The lowest BCUT2D eigenvalue weighted by Crippen LogP contribution is -2.24. The maximum Gasteiger partial charge on any atom is 0.310 e. The minimum Gasteiger partial charge on any atom is -0.378 e. The lowest BCUT2D eigenvalue weighted by Gasteiger charge is -2.16. The molecular weight excluding hydrogens is 440 g/mol. The summed E-state index contributed by atoms with van der Waals surface area (Å²) in [6, 6.07) is 4.16. The van der Waals surface area contributed by atoms with Crippen LogP contribution < -0.4 is 9.74 Å². The van der Waals surface area contributed by atoms with E-state index in [0.29, 0.717) is 38.3 Å². The van der Waals surface area contributed by atoms with E-state index in [1.54, 1.807) is 9.36 Å². The quantitative estimate of drug-likeness (QED) is 0.352. The molecule has 0 radical (unpaired) electrons. The van der Waals surface area contributed by atoms with Crippen molar-refractivity contribution >= 4 is 10.1 Å². The highest BCUT2D eigenvalue weighted by molar-refractivity contribution is 7.87. The van der Waals surface area contributed by atoms with E-state index in [0.717, 1.165) is 60.8 Å². The smallest absolute Gasteiger partial charge is 0.310 e. The number of aromatic nitrogens is 2. The zero-order valence-corrected chi connectivity index (χ0v) is 21.3. The Balaban J connectivity index is 2.11. The molecule has 1 aliphatic heterocycles. The molecule has 0 aliphatic carbocycles. The SMILES string of the molecule is CCCCCCCS(=O)(=O)Oc1c(-c2c(CC)cc(C)cc2CC)c(=O)n2n1CCOCC2. The summed E-state index contributed by atoms with van der Waals surface area (Å²) < 4.78 is 40.5. The van der Waals surface area contributed by atoms with Crippen molar-refractivity contribution in [3.8, 4) is 17.0 Å². The zero-order chi connectivity index (χ0) is 24.0. The Morgan fingerprint density at radius 2 is 1.52 bits per heavy atom. The second kappa shape index (κ2) is 11.4. The van der Waals surface area contributed by atoms with Crippen molar-refractivity contribution in [3.05, 3.63) is 39.2 Å². The van der Waals surface area contributed by atoms with Gasteiger partial charge >= 0.3 is 10.1 Å². The van der Waals surface area contributed by atoms with E-state index in [2.05, 4.69) is 32.9 Å². The van der Waals surface area contributed by atoms with Gasteiger partial charge in [0.25, 0.3) is 5.56 Å². The third-order valence-corrected chi connectivity index (χ3v) is 7.44. The average molecular weight is 479 g/mol. The summed E-state index contributed by atoms with van der Waals surface area (Å²) in [5.74, 6) is 0.0774. The van der Waals surface area contributed by atoms with Gasteiger partial charge in [0.1, 0.15) is 5.56 Å². The molecule has 0 N–H and O–H groups in total. The summed E-state index contributed by atoms with van der Waals surface area (Å²) in [6.45, 7) is 9.81. The summed E-state index contributed by atoms with van der Waals surface area (Å²) in [4.78, 5) is 13.6. The molecule has 0 atom stereocenters. The van der Waals surface area contributed by atoms with Crippen LogP contribution >= 0.6 is 0 Å². The van der Waals surface area contributed by atoms with Gasteiger partial charge in [0, 0.05) is 0 Å². The fourth-order valence-electron chi connectivity index (χ4n) is 4.58. The number of fused-ring (bicyclic) bond motifs is 1. The molecule has 0 saturated heterocycles. The Kier molecular flexibility index (Phi) is 8.82. The van der Waals surface area contributed by atoms with Crippen LogP contribution in [-0.2, 0) is 40.8 Å². The van der Waals surface area contributed by atoms with Crippen molar-refractivity contribution in [1.29, 1.82) is 0 Å². The van der Waals surface area contributed by atoms with Gasteiger partial charge in [-0.05, 0) is 42.9 Å². The number of hydrogen-bond donors (Lipinski definition) is 0. The van der Waals surface area contributed by atoms with E-state index in [1.165, 1.54) is 0 Å². The highest BCUT2D eigenvalue weighted by Gasteiger charge is 2.30. The van der Waals surface area contributed by atoms with Crippen LogP contribution in [0.25, 0.3) is 11.1 Å². The topological polar surface area (TPSA) is 79.5 Å². The zero-order valence-electron chi connectivity index (χ0n) is 20.5. The van der Waals surface area contributed by atoms with Crippen LogP contribution in [0.2, 0.25) is 0 Å². The first-order valence-electron chi connectivity index (χ1n) is 12.3. The Bertz CT molecular complexity index is 1090. The third kappa shape index (κ3) is 5.90. The number of aryl methyl sites for hydroxylation is 3.